The highest BCUT2D eigenvalue weighted by molar-refractivity contribution is 5.67. The molecule has 0 aliphatic carbocycles. The Morgan fingerprint density at radius 3 is 2.35 bits per heavy atom. The highest BCUT2D eigenvalue weighted by Gasteiger charge is 2.23. The second kappa shape index (κ2) is 11.0. The largest absolute Gasteiger partial charge is 0.444 e. The van der Waals surface area contributed by atoms with Crippen LogP contribution in [0, 0.1) is 0 Å². The predicted octanol–water partition coefficient (Wildman–Crippen LogP) is 4.88. The number of ether oxygens (including phenoxy) is 1. The molecule has 31 heavy (non-hydrogen) atoms. The molecule has 1 aliphatic rings. The van der Waals surface area contributed by atoms with Crippen molar-refractivity contribution in [1.82, 2.24) is 14.7 Å². The summed E-state index contributed by atoms with van der Waals surface area (Å²) in [7, 11) is 7.82. The normalized spacial score (nSPS) is 16.3. The van der Waals surface area contributed by atoms with E-state index in [1.807, 2.05) is 77.3 Å². The van der Waals surface area contributed by atoms with Gasteiger partial charge in [-0.3, -0.25) is 0 Å². The Balaban J connectivity index is 1.76. The van der Waals surface area contributed by atoms with E-state index >= 15 is 0 Å². The van der Waals surface area contributed by atoms with Gasteiger partial charge >= 0.3 is 6.09 Å². The van der Waals surface area contributed by atoms with Gasteiger partial charge in [0.05, 0.1) is 5.69 Å². The van der Waals surface area contributed by atoms with Crippen LogP contribution in [0.3, 0.4) is 0 Å². The average molecular weight is 431 g/mol. The molecule has 0 saturated carbocycles. The first-order chi connectivity index (χ1) is 14.6. The summed E-state index contributed by atoms with van der Waals surface area (Å²) in [6, 6.07) is 8.04. The lowest BCUT2D eigenvalue weighted by molar-refractivity contribution is 0.0296. The quantitative estimate of drug-likeness (QED) is 0.413. The summed E-state index contributed by atoms with van der Waals surface area (Å²) in [5.74, 6) is 0. The third-order valence-corrected chi connectivity index (χ3v) is 4.91. The Kier molecular flexibility index (Phi) is 8.71. The van der Waals surface area contributed by atoms with Crippen LogP contribution in [0.4, 0.5) is 16.2 Å². The first-order valence-corrected chi connectivity index (χ1v) is 10.9. The number of rotatable bonds is 9. The molecule has 1 aromatic carbocycles. The van der Waals surface area contributed by atoms with Crippen LogP contribution in [-0.2, 0) is 4.74 Å². The topological polar surface area (TPSA) is 64.0 Å². The third kappa shape index (κ3) is 8.11. The number of carbonyl (C=O) groups is 1. The van der Waals surface area contributed by atoms with Gasteiger partial charge in [-0.15, -0.1) is 5.11 Å². The number of unbranched alkanes of at least 4 members (excludes halogenated alkanes) is 2. The van der Waals surface area contributed by atoms with Gasteiger partial charge in [0.15, 0.2) is 0 Å². The third-order valence-electron chi connectivity index (χ3n) is 4.91. The van der Waals surface area contributed by atoms with Gasteiger partial charge in [-0.1, -0.05) is 0 Å². The van der Waals surface area contributed by atoms with E-state index in [2.05, 4.69) is 26.2 Å². The maximum absolute atomic E-state index is 12.0. The number of azo groups is 1. The minimum Gasteiger partial charge on any atom is -0.444 e. The first kappa shape index (κ1) is 24.5. The van der Waals surface area contributed by atoms with Crippen molar-refractivity contribution in [2.24, 2.45) is 10.2 Å². The highest BCUT2D eigenvalue weighted by Crippen LogP contribution is 2.22. The number of benzene rings is 1. The molecule has 8 nitrogen and oxygen atoms in total. The maximum Gasteiger partial charge on any atom is 0.410 e. The molecule has 1 atom stereocenters. The molecular weight excluding hydrogens is 392 g/mol. The van der Waals surface area contributed by atoms with Gasteiger partial charge in [-0.2, -0.15) is 5.11 Å². The summed E-state index contributed by atoms with van der Waals surface area (Å²) in [6.45, 7) is 7.22. The lowest BCUT2D eigenvalue weighted by atomic mass is 10.2. The molecule has 1 aliphatic heterocycles. The van der Waals surface area contributed by atoms with Crippen molar-refractivity contribution >= 4 is 17.5 Å². The molecule has 0 N–H and O–H groups in total. The monoisotopic (exact) mass is 430 g/mol. The van der Waals surface area contributed by atoms with Crippen molar-refractivity contribution in [1.29, 1.82) is 0 Å². The molecule has 0 aromatic heterocycles. The van der Waals surface area contributed by atoms with Crippen LogP contribution in [0.25, 0.3) is 0 Å². The van der Waals surface area contributed by atoms with Crippen LogP contribution in [0.15, 0.2) is 46.9 Å². The SMILES string of the molecule is CN(CCCCCN1C=CN(C)C1N=Nc1ccc(N(C)C)cc1)C(=O)OC(C)(C)C. The lowest BCUT2D eigenvalue weighted by Gasteiger charge is -2.26. The number of hydrogen-bond donors (Lipinski definition) is 0. The Hall–Kier alpha value is -2.77. The second-order valence-corrected chi connectivity index (χ2v) is 9.14. The fourth-order valence-electron chi connectivity index (χ4n) is 3.10. The van der Waals surface area contributed by atoms with E-state index < -0.39 is 5.60 Å². The molecule has 1 unspecified atom stereocenters. The van der Waals surface area contributed by atoms with Crippen LogP contribution in [-0.4, -0.2) is 74.0 Å². The Morgan fingerprint density at radius 2 is 1.74 bits per heavy atom. The van der Waals surface area contributed by atoms with Crippen molar-refractivity contribution in [3.8, 4) is 0 Å². The molecule has 1 heterocycles. The van der Waals surface area contributed by atoms with E-state index in [0.29, 0.717) is 6.54 Å². The predicted molar refractivity (Wildman–Crippen MR) is 125 cm³/mol. The van der Waals surface area contributed by atoms with Gasteiger partial charge in [-0.25, -0.2) is 4.79 Å². The van der Waals surface area contributed by atoms with Gasteiger partial charge in [0.2, 0.25) is 6.29 Å². The zero-order chi connectivity index (χ0) is 23.0. The van der Waals surface area contributed by atoms with Crippen LogP contribution in [0.1, 0.15) is 40.0 Å². The van der Waals surface area contributed by atoms with E-state index in [0.717, 1.165) is 37.2 Å². The number of amides is 1. The summed E-state index contributed by atoms with van der Waals surface area (Å²) in [5.41, 5.74) is 1.52. The van der Waals surface area contributed by atoms with Gasteiger partial charge in [0.25, 0.3) is 0 Å². The summed E-state index contributed by atoms with van der Waals surface area (Å²) in [4.78, 5) is 20.0. The molecule has 8 heteroatoms. The van der Waals surface area contributed by atoms with E-state index in [1.54, 1.807) is 11.9 Å². The molecule has 0 radical (unpaired) electrons. The number of anilines is 1. The fourth-order valence-corrected chi connectivity index (χ4v) is 3.10. The smallest absolute Gasteiger partial charge is 0.410 e. The molecule has 1 amide bonds. The average Bonchev–Trinajstić information content (AvgIpc) is 3.04. The summed E-state index contributed by atoms with van der Waals surface area (Å²) >= 11 is 0. The van der Waals surface area contributed by atoms with Crippen LogP contribution in [0.2, 0.25) is 0 Å². The maximum atomic E-state index is 12.0. The standard InChI is InChI=1S/C23H38N6O2/c1-23(2,3)31-22(30)28(7)15-9-8-10-16-29-18-17-27(6)21(29)25-24-19-11-13-20(14-12-19)26(4)5/h11-14,17-18,21H,8-10,15-16H2,1-7H3. The summed E-state index contributed by atoms with van der Waals surface area (Å²) < 4.78 is 5.38. The molecule has 0 spiro atoms. The van der Waals surface area contributed by atoms with Crippen LogP contribution in [0.5, 0.6) is 0 Å². The minimum atomic E-state index is -0.461. The first-order valence-electron chi connectivity index (χ1n) is 10.9. The molecular formula is C23H38N6O2. The van der Waals surface area contributed by atoms with Gasteiger partial charge in [0.1, 0.15) is 5.60 Å². The highest BCUT2D eigenvalue weighted by atomic mass is 16.6. The van der Waals surface area contributed by atoms with Crippen LogP contribution >= 0.6 is 0 Å². The van der Waals surface area contributed by atoms with Crippen molar-refractivity contribution in [3.05, 3.63) is 36.7 Å². The van der Waals surface area contributed by atoms with Crippen molar-refractivity contribution < 1.29 is 9.53 Å². The van der Waals surface area contributed by atoms with Gasteiger partial charge < -0.3 is 24.3 Å². The van der Waals surface area contributed by atoms with Crippen molar-refractivity contribution in [2.45, 2.75) is 51.9 Å². The Bertz CT molecular complexity index is 754. The minimum absolute atomic E-state index is 0.127. The molecule has 0 saturated heterocycles. The lowest BCUT2D eigenvalue weighted by Crippen LogP contribution is -2.35. The number of carbonyl (C=O) groups excluding carboxylic acids is 1. The number of nitrogens with zero attached hydrogens (tertiary/aromatic N) is 6. The van der Waals surface area contributed by atoms with E-state index in [9.17, 15) is 4.79 Å². The molecule has 1 aromatic rings. The second-order valence-electron chi connectivity index (χ2n) is 9.14. The van der Waals surface area contributed by atoms with E-state index in [4.69, 9.17) is 4.74 Å². The Morgan fingerprint density at radius 1 is 1.06 bits per heavy atom. The molecule has 2 rings (SSSR count). The van der Waals surface area contributed by atoms with Gasteiger partial charge in [-0.05, 0) is 64.3 Å². The zero-order valence-corrected chi connectivity index (χ0v) is 20.1. The van der Waals surface area contributed by atoms with E-state index in [-0.39, 0.29) is 12.4 Å². The van der Waals surface area contributed by atoms with Crippen molar-refractivity contribution in [3.63, 3.8) is 0 Å². The molecule has 0 bridgehead atoms. The van der Waals surface area contributed by atoms with Crippen molar-refractivity contribution in [2.75, 3.05) is 46.2 Å². The number of hydrogen-bond acceptors (Lipinski definition) is 7. The summed E-state index contributed by atoms with van der Waals surface area (Å²) in [6.07, 6.45) is 6.67. The zero-order valence-electron chi connectivity index (χ0n) is 20.1. The summed E-state index contributed by atoms with van der Waals surface area (Å²) in [5, 5.41) is 8.98. The fraction of sp³-hybridized carbons (Fsp3) is 0.609. The van der Waals surface area contributed by atoms with Gasteiger partial charge in [0, 0.05) is 59.4 Å². The molecule has 0 fully saturated rings. The Labute approximate surface area is 187 Å². The molecule has 172 valence electrons. The van der Waals surface area contributed by atoms with E-state index in [1.165, 1.54) is 0 Å². The van der Waals surface area contributed by atoms with Crippen LogP contribution < -0.4 is 4.90 Å².